The van der Waals surface area contributed by atoms with Crippen molar-refractivity contribution in [2.75, 3.05) is 6.61 Å². The molecular weight excluding hydrogens is 508 g/mol. The number of carbonyl (C=O) groups is 1. The van der Waals surface area contributed by atoms with Crippen LogP contribution in [0.5, 0.6) is 11.5 Å². The first-order chi connectivity index (χ1) is 17.2. The van der Waals surface area contributed by atoms with E-state index < -0.39 is 29.1 Å². The number of benzene rings is 2. The molecule has 0 spiro atoms. The average molecular weight is 539 g/mol. The van der Waals surface area contributed by atoms with E-state index in [1.165, 1.54) is 17.8 Å². The molecule has 200 valence electrons. The molecule has 0 aliphatic carbocycles. The van der Waals surface area contributed by atoms with Gasteiger partial charge < -0.3 is 14.2 Å². The van der Waals surface area contributed by atoms with Gasteiger partial charge >= 0.3 is 12.1 Å². The highest BCUT2D eigenvalue weighted by atomic mass is 32.2. The molecule has 1 aliphatic heterocycles. The third-order valence-corrected chi connectivity index (χ3v) is 7.28. The van der Waals surface area contributed by atoms with Crippen LogP contribution in [0.25, 0.3) is 4.91 Å². The average Bonchev–Trinajstić information content (AvgIpc) is 2.80. The molecule has 1 unspecified atom stereocenters. The summed E-state index contributed by atoms with van der Waals surface area (Å²) in [6, 6.07) is 8.25. The zero-order valence-corrected chi connectivity index (χ0v) is 22.4. The van der Waals surface area contributed by atoms with Crippen molar-refractivity contribution in [2.45, 2.75) is 65.8 Å². The van der Waals surface area contributed by atoms with E-state index in [2.05, 4.69) is 0 Å². The molecule has 9 heteroatoms. The van der Waals surface area contributed by atoms with Crippen LogP contribution in [-0.2, 0) is 15.7 Å². The summed E-state index contributed by atoms with van der Waals surface area (Å²) in [6.45, 7) is 10.9. The summed E-state index contributed by atoms with van der Waals surface area (Å²) in [6.07, 6.45) is -2.66. The van der Waals surface area contributed by atoms with Gasteiger partial charge in [-0.1, -0.05) is 29.5 Å². The monoisotopic (exact) mass is 538 g/mol. The Bertz CT molecular complexity index is 1230. The molecular formula is C28H30F4O4S. The van der Waals surface area contributed by atoms with Crippen molar-refractivity contribution < 1.29 is 36.6 Å². The Morgan fingerprint density at radius 1 is 1.11 bits per heavy atom. The topological polar surface area (TPSA) is 44.8 Å². The summed E-state index contributed by atoms with van der Waals surface area (Å²) >= 11 is 1.36. The molecule has 0 saturated carbocycles. The summed E-state index contributed by atoms with van der Waals surface area (Å²) in [5, 5.41) is 0. The second-order valence-electron chi connectivity index (χ2n) is 9.23. The van der Waals surface area contributed by atoms with E-state index in [9.17, 15) is 22.4 Å². The van der Waals surface area contributed by atoms with Crippen LogP contribution in [0.15, 0.2) is 53.0 Å². The van der Waals surface area contributed by atoms with E-state index in [0.29, 0.717) is 28.4 Å². The molecule has 0 aromatic heterocycles. The Hall–Kier alpha value is -2.94. The van der Waals surface area contributed by atoms with Gasteiger partial charge in [0.25, 0.3) is 0 Å². The number of ether oxygens (including phenoxy) is 3. The summed E-state index contributed by atoms with van der Waals surface area (Å²) < 4.78 is 70.1. The van der Waals surface area contributed by atoms with Gasteiger partial charge in [0.2, 0.25) is 0 Å². The maximum atomic E-state index is 14.1. The molecule has 37 heavy (non-hydrogen) atoms. The first kappa shape index (κ1) is 28.6. The van der Waals surface area contributed by atoms with E-state index >= 15 is 0 Å². The summed E-state index contributed by atoms with van der Waals surface area (Å²) in [5.74, 6) is -0.650. The van der Waals surface area contributed by atoms with Crippen molar-refractivity contribution in [2.24, 2.45) is 0 Å². The van der Waals surface area contributed by atoms with E-state index in [-0.39, 0.29) is 12.7 Å². The molecule has 4 nitrogen and oxygen atoms in total. The van der Waals surface area contributed by atoms with Crippen LogP contribution >= 0.6 is 11.8 Å². The van der Waals surface area contributed by atoms with Crippen LogP contribution < -0.4 is 9.47 Å². The second kappa shape index (κ2) is 11.2. The molecule has 2 aromatic carbocycles. The molecule has 3 rings (SSSR count). The van der Waals surface area contributed by atoms with E-state index in [4.69, 9.17) is 14.2 Å². The lowest BCUT2D eigenvalue weighted by atomic mass is 10.1. The number of aryl methyl sites for hydroxylation is 1. The number of alkyl halides is 3. The first-order valence-electron chi connectivity index (χ1n) is 11.8. The smallest absolute Gasteiger partial charge is 0.419 e. The molecule has 1 atom stereocenters. The number of hydrogen-bond acceptors (Lipinski definition) is 5. The predicted octanol–water partition coefficient (Wildman–Crippen LogP) is 8.09. The Balaban J connectivity index is 1.72. The van der Waals surface area contributed by atoms with Gasteiger partial charge in [0.15, 0.2) is 5.60 Å². The zero-order valence-electron chi connectivity index (χ0n) is 21.6. The third kappa shape index (κ3) is 6.89. The van der Waals surface area contributed by atoms with E-state index in [1.54, 1.807) is 39.0 Å². The van der Waals surface area contributed by atoms with Gasteiger partial charge in [-0.25, -0.2) is 9.18 Å². The van der Waals surface area contributed by atoms with Gasteiger partial charge in [-0.2, -0.15) is 13.2 Å². The van der Waals surface area contributed by atoms with Crippen molar-refractivity contribution in [3.63, 3.8) is 0 Å². The van der Waals surface area contributed by atoms with Crippen molar-refractivity contribution >= 4 is 22.6 Å². The molecule has 0 bridgehead atoms. The maximum absolute atomic E-state index is 14.1. The van der Waals surface area contributed by atoms with Crippen LogP contribution in [0.4, 0.5) is 17.6 Å². The van der Waals surface area contributed by atoms with Gasteiger partial charge in [-0.05, 0) is 89.4 Å². The number of carbonyl (C=O) groups excluding carboxylic acids is 1. The number of thioether (sulfide) groups is 1. The van der Waals surface area contributed by atoms with Crippen LogP contribution in [0.3, 0.4) is 0 Å². The molecule has 0 radical (unpaired) electrons. The van der Waals surface area contributed by atoms with Crippen LogP contribution in [0.2, 0.25) is 0 Å². The fourth-order valence-electron chi connectivity index (χ4n) is 3.79. The lowest BCUT2D eigenvalue weighted by Gasteiger charge is -2.26. The number of hydrogen-bond donors (Lipinski definition) is 0. The summed E-state index contributed by atoms with van der Waals surface area (Å²) in [5.41, 5.74) is -0.229. The Kier molecular flexibility index (Phi) is 8.67. The van der Waals surface area contributed by atoms with Crippen molar-refractivity contribution in [1.29, 1.82) is 0 Å². The van der Waals surface area contributed by atoms with Gasteiger partial charge in [0, 0.05) is 9.81 Å². The van der Waals surface area contributed by atoms with Gasteiger partial charge in [0.05, 0.1) is 12.2 Å². The zero-order chi connectivity index (χ0) is 27.5. The molecule has 2 aromatic rings. The quantitative estimate of drug-likeness (QED) is 0.251. The maximum Gasteiger partial charge on any atom is 0.419 e. The van der Waals surface area contributed by atoms with Crippen molar-refractivity contribution in [3.8, 4) is 11.5 Å². The van der Waals surface area contributed by atoms with Crippen LogP contribution in [0, 0.1) is 12.7 Å². The van der Waals surface area contributed by atoms with E-state index in [0.717, 1.165) is 28.2 Å². The highest BCUT2D eigenvalue weighted by Gasteiger charge is 2.34. The molecule has 1 heterocycles. The lowest BCUT2D eigenvalue weighted by Crippen LogP contribution is -2.39. The summed E-state index contributed by atoms with van der Waals surface area (Å²) in [4.78, 5) is 13.7. The van der Waals surface area contributed by atoms with Crippen LogP contribution in [-0.4, -0.2) is 24.3 Å². The molecule has 0 saturated heterocycles. The number of halogens is 4. The largest absolute Gasteiger partial charge is 0.485 e. The van der Waals surface area contributed by atoms with Crippen molar-refractivity contribution in [1.82, 2.24) is 0 Å². The Morgan fingerprint density at radius 2 is 1.81 bits per heavy atom. The highest BCUT2D eigenvalue weighted by molar-refractivity contribution is 8.11. The SMILES string of the molecule is CCOC(=O)C(C)(C)Oc1ccc(OC(C)C2=C(C)CC=C(c3ccc(C(F)(F)F)c(F)c3)S2)cc1C. The van der Waals surface area contributed by atoms with Gasteiger partial charge in [-0.15, -0.1) is 0 Å². The standard InChI is InChI=1S/C28H30F4O4S/c1-7-34-26(33)27(5,6)36-23-12-10-20(14-17(23)3)35-18(4)25-16(2)8-13-24(37-25)19-9-11-21(22(29)15-19)28(30,31)32/h9-15,18H,7-8H2,1-6H3. The second-order valence-corrected chi connectivity index (χ2v) is 10.3. The third-order valence-electron chi connectivity index (χ3n) is 5.75. The minimum absolute atomic E-state index is 0.257. The molecule has 0 fully saturated rings. The number of esters is 1. The fourth-order valence-corrected chi connectivity index (χ4v) is 4.91. The molecule has 0 amide bonds. The molecule has 0 N–H and O–H groups in total. The molecule has 1 aliphatic rings. The minimum Gasteiger partial charge on any atom is -0.485 e. The van der Waals surface area contributed by atoms with Crippen LogP contribution in [0.1, 0.15) is 57.7 Å². The lowest BCUT2D eigenvalue weighted by molar-refractivity contribution is -0.158. The number of rotatable bonds is 8. The Morgan fingerprint density at radius 3 is 2.41 bits per heavy atom. The number of allylic oxidation sites excluding steroid dienone is 2. The fraction of sp³-hybridized carbons (Fsp3) is 0.393. The predicted molar refractivity (Wildman–Crippen MR) is 137 cm³/mol. The highest BCUT2D eigenvalue weighted by Crippen LogP contribution is 2.44. The minimum atomic E-state index is -4.74. The first-order valence-corrected chi connectivity index (χ1v) is 12.6. The van der Waals surface area contributed by atoms with E-state index in [1.807, 2.05) is 26.8 Å². The van der Waals surface area contributed by atoms with Crippen molar-refractivity contribution in [3.05, 3.63) is 75.5 Å². The van der Waals surface area contributed by atoms with Gasteiger partial charge in [-0.3, -0.25) is 0 Å². The normalized spacial score (nSPS) is 15.2. The summed E-state index contributed by atoms with van der Waals surface area (Å²) in [7, 11) is 0. The Labute approximate surface area is 218 Å². The van der Waals surface area contributed by atoms with Gasteiger partial charge in [0.1, 0.15) is 23.4 Å².